The van der Waals surface area contributed by atoms with Gasteiger partial charge in [0.25, 0.3) is 0 Å². The van der Waals surface area contributed by atoms with Gasteiger partial charge in [0.15, 0.2) is 0 Å². The van der Waals surface area contributed by atoms with E-state index in [1.54, 1.807) is 13.3 Å². The molecule has 0 atom stereocenters. The second kappa shape index (κ2) is 5.95. The Labute approximate surface area is 121 Å². The zero-order valence-electron chi connectivity index (χ0n) is 12.9. The Morgan fingerprint density at radius 2 is 2.00 bits per heavy atom. The summed E-state index contributed by atoms with van der Waals surface area (Å²) in [4.78, 5) is 6.93. The van der Waals surface area contributed by atoms with Crippen LogP contribution >= 0.6 is 0 Å². The van der Waals surface area contributed by atoms with Crippen molar-refractivity contribution in [3.8, 4) is 0 Å². The summed E-state index contributed by atoms with van der Waals surface area (Å²) in [6, 6.07) is 6.47. The van der Waals surface area contributed by atoms with Crippen molar-refractivity contribution < 1.29 is 4.84 Å². The zero-order valence-corrected chi connectivity index (χ0v) is 12.9. The molecule has 0 saturated heterocycles. The van der Waals surface area contributed by atoms with E-state index in [1.165, 1.54) is 22.3 Å². The summed E-state index contributed by atoms with van der Waals surface area (Å²) in [7, 11) is 5.65. The van der Waals surface area contributed by atoms with E-state index in [2.05, 4.69) is 48.2 Å². The van der Waals surface area contributed by atoms with Crippen LogP contribution in [-0.4, -0.2) is 27.4 Å². The molecule has 1 aliphatic carbocycles. The molecule has 0 aromatic heterocycles. The van der Waals surface area contributed by atoms with Crippen molar-refractivity contribution in [2.24, 2.45) is 5.16 Å². The standard InChI is InChI=1S/C17H22N2O/c1-12-6-8-16(13(12)2)17-9-7-15(19(3)4)10-14(17)11-18-20-5/h6-7,9-11H,8H2,1-5H3. The summed E-state index contributed by atoms with van der Waals surface area (Å²) in [5.41, 5.74) is 7.61. The molecule has 106 valence electrons. The van der Waals surface area contributed by atoms with Crippen LogP contribution in [0.2, 0.25) is 0 Å². The lowest BCUT2D eigenvalue weighted by Gasteiger charge is -2.16. The highest BCUT2D eigenvalue weighted by Gasteiger charge is 2.15. The van der Waals surface area contributed by atoms with Gasteiger partial charge < -0.3 is 9.74 Å². The first-order valence-corrected chi connectivity index (χ1v) is 6.79. The van der Waals surface area contributed by atoms with E-state index >= 15 is 0 Å². The second-order valence-corrected chi connectivity index (χ2v) is 5.28. The lowest BCUT2D eigenvalue weighted by Crippen LogP contribution is -2.09. The van der Waals surface area contributed by atoms with E-state index < -0.39 is 0 Å². The molecule has 0 saturated carbocycles. The van der Waals surface area contributed by atoms with E-state index in [1.807, 2.05) is 14.1 Å². The number of hydrogen-bond acceptors (Lipinski definition) is 3. The molecule has 3 nitrogen and oxygen atoms in total. The molecule has 0 fully saturated rings. The second-order valence-electron chi connectivity index (χ2n) is 5.28. The number of nitrogens with zero attached hydrogens (tertiary/aromatic N) is 2. The monoisotopic (exact) mass is 270 g/mol. The quantitative estimate of drug-likeness (QED) is 0.613. The van der Waals surface area contributed by atoms with Gasteiger partial charge in [0.2, 0.25) is 0 Å². The van der Waals surface area contributed by atoms with Gasteiger partial charge in [-0.2, -0.15) is 0 Å². The van der Waals surface area contributed by atoms with Crippen molar-refractivity contribution in [1.29, 1.82) is 0 Å². The Bertz CT molecular complexity index is 595. The Kier molecular flexibility index (Phi) is 4.28. The molecule has 0 spiro atoms. The van der Waals surface area contributed by atoms with Gasteiger partial charge in [0, 0.05) is 25.3 Å². The van der Waals surface area contributed by atoms with Gasteiger partial charge in [-0.15, -0.1) is 0 Å². The van der Waals surface area contributed by atoms with Crippen LogP contribution in [0.1, 0.15) is 31.4 Å². The lowest BCUT2D eigenvalue weighted by molar-refractivity contribution is 0.215. The lowest BCUT2D eigenvalue weighted by atomic mass is 9.95. The van der Waals surface area contributed by atoms with Crippen molar-refractivity contribution in [1.82, 2.24) is 0 Å². The molecule has 0 amide bonds. The highest BCUT2D eigenvalue weighted by molar-refractivity contribution is 5.92. The molecule has 0 N–H and O–H groups in total. The molecule has 3 heteroatoms. The van der Waals surface area contributed by atoms with Crippen LogP contribution in [0.4, 0.5) is 5.69 Å². The maximum Gasteiger partial charge on any atom is 0.106 e. The number of allylic oxidation sites excluding steroid dienone is 4. The first-order valence-electron chi connectivity index (χ1n) is 6.79. The van der Waals surface area contributed by atoms with E-state index in [4.69, 9.17) is 4.84 Å². The smallest absolute Gasteiger partial charge is 0.106 e. The molecule has 0 aliphatic heterocycles. The van der Waals surface area contributed by atoms with Crippen molar-refractivity contribution in [2.45, 2.75) is 20.3 Å². The Balaban J connectivity index is 2.50. The normalized spacial score (nSPS) is 14.9. The summed E-state index contributed by atoms with van der Waals surface area (Å²) in [6.07, 6.45) is 5.06. The fraction of sp³-hybridized carbons (Fsp3) is 0.353. The Morgan fingerprint density at radius 3 is 2.55 bits per heavy atom. The topological polar surface area (TPSA) is 24.8 Å². The molecule has 0 radical (unpaired) electrons. The first-order chi connectivity index (χ1) is 9.54. The molecule has 1 aromatic rings. The summed E-state index contributed by atoms with van der Waals surface area (Å²) >= 11 is 0. The minimum atomic E-state index is 0.993. The number of oxime groups is 1. The summed E-state index contributed by atoms with van der Waals surface area (Å²) < 4.78 is 0. The van der Waals surface area contributed by atoms with Gasteiger partial charge in [-0.05, 0) is 49.1 Å². The van der Waals surface area contributed by atoms with Crippen LogP contribution in [-0.2, 0) is 4.84 Å². The number of benzene rings is 1. The minimum absolute atomic E-state index is 0.993. The fourth-order valence-corrected chi connectivity index (χ4v) is 2.43. The average Bonchev–Trinajstić information content (AvgIpc) is 2.76. The molecular formula is C17H22N2O. The molecule has 2 rings (SSSR count). The number of hydrogen-bond donors (Lipinski definition) is 0. The molecule has 1 aliphatic rings. The van der Waals surface area contributed by atoms with Crippen LogP contribution in [0, 0.1) is 0 Å². The molecule has 0 heterocycles. The van der Waals surface area contributed by atoms with Crippen LogP contribution in [0.5, 0.6) is 0 Å². The van der Waals surface area contributed by atoms with Crippen LogP contribution in [0.3, 0.4) is 0 Å². The van der Waals surface area contributed by atoms with Gasteiger partial charge in [-0.25, -0.2) is 0 Å². The predicted molar refractivity (Wildman–Crippen MR) is 86.3 cm³/mol. The van der Waals surface area contributed by atoms with Crippen molar-refractivity contribution >= 4 is 17.5 Å². The summed E-state index contributed by atoms with van der Waals surface area (Å²) in [5, 5.41) is 3.94. The van der Waals surface area contributed by atoms with E-state index in [9.17, 15) is 0 Å². The maximum atomic E-state index is 4.84. The fourth-order valence-electron chi connectivity index (χ4n) is 2.43. The third kappa shape index (κ3) is 2.77. The number of rotatable bonds is 4. The number of anilines is 1. The maximum absolute atomic E-state index is 4.84. The van der Waals surface area contributed by atoms with Crippen LogP contribution in [0.25, 0.3) is 5.57 Å². The van der Waals surface area contributed by atoms with Gasteiger partial charge in [0.1, 0.15) is 7.11 Å². The zero-order chi connectivity index (χ0) is 14.7. The highest BCUT2D eigenvalue weighted by Crippen LogP contribution is 2.35. The average molecular weight is 270 g/mol. The van der Waals surface area contributed by atoms with Crippen molar-refractivity contribution in [3.05, 3.63) is 46.5 Å². The Hall–Kier alpha value is -2.03. The van der Waals surface area contributed by atoms with Gasteiger partial charge in [-0.1, -0.05) is 22.9 Å². The first kappa shape index (κ1) is 14.4. The minimum Gasteiger partial charge on any atom is -0.399 e. The van der Waals surface area contributed by atoms with E-state index in [-0.39, 0.29) is 0 Å². The molecule has 0 bridgehead atoms. The molecule has 20 heavy (non-hydrogen) atoms. The van der Waals surface area contributed by atoms with Crippen LogP contribution in [0.15, 0.2) is 40.6 Å². The van der Waals surface area contributed by atoms with Crippen molar-refractivity contribution in [2.75, 3.05) is 26.1 Å². The van der Waals surface area contributed by atoms with Gasteiger partial charge >= 0.3 is 0 Å². The summed E-state index contributed by atoms with van der Waals surface area (Å²) in [5.74, 6) is 0. The Morgan fingerprint density at radius 1 is 1.25 bits per heavy atom. The molecule has 1 aromatic carbocycles. The third-order valence-corrected chi connectivity index (χ3v) is 3.83. The highest BCUT2D eigenvalue weighted by atomic mass is 16.6. The van der Waals surface area contributed by atoms with Gasteiger partial charge in [0.05, 0.1) is 6.21 Å². The van der Waals surface area contributed by atoms with Crippen molar-refractivity contribution in [3.63, 3.8) is 0 Å². The largest absolute Gasteiger partial charge is 0.399 e. The molecule has 0 unspecified atom stereocenters. The molecular weight excluding hydrogens is 248 g/mol. The predicted octanol–water partition coefficient (Wildman–Crippen LogP) is 3.86. The SMILES string of the molecule is CON=Cc1cc(N(C)C)ccc1C1=C(C)C(C)=CC1. The van der Waals surface area contributed by atoms with E-state index in [0.717, 1.165) is 17.7 Å². The van der Waals surface area contributed by atoms with Gasteiger partial charge in [-0.3, -0.25) is 0 Å². The van der Waals surface area contributed by atoms with Crippen LogP contribution < -0.4 is 4.90 Å². The van der Waals surface area contributed by atoms with E-state index in [0.29, 0.717) is 0 Å². The third-order valence-electron chi connectivity index (χ3n) is 3.83. The summed E-state index contributed by atoms with van der Waals surface area (Å²) in [6.45, 7) is 4.35.